The summed E-state index contributed by atoms with van der Waals surface area (Å²) in [5.41, 5.74) is 0.653. The van der Waals surface area contributed by atoms with E-state index in [4.69, 9.17) is 0 Å². The minimum Gasteiger partial charge on any atom is -0.245 e. The van der Waals surface area contributed by atoms with Gasteiger partial charge in [0.15, 0.2) is 0 Å². The largest absolute Gasteiger partial charge is 0.245 e. The molecule has 1 fully saturated rings. The molecule has 0 unspecified atom stereocenters. The number of nitrogens with zero attached hydrogens (tertiary/aromatic N) is 2. The molecule has 1 aromatic heterocycles. The summed E-state index contributed by atoms with van der Waals surface area (Å²) < 4.78 is 53.9. The molecule has 2 aromatic rings. The van der Waals surface area contributed by atoms with Gasteiger partial charge in [0.05, 0.1) is 27.0 Å². The highest BCUT2D eigenvalue weighted by atomic mass is 32.2. The lowest BCUT2D eigenvalue weighted by Gasteiger charge is -2.25. The Hall–Kier alpha value is -1.33. The van der Waals surface area contributed by atoms with E-state index in [1.165, 1.54) is 39.9 Å². The van der Waals surface area contributed by atoms with E-state index in [1.807, 2.05) is 6.92 Å². The Bertz CT molecular complexity index is 960. The molecule has 26 heavy (non-hydrogen) atoms. The Balaban J connectivity index is 1.73. The van der Waals surface area contributed by atoms with Crippen molar-refractivity contribution in [3.8, 4) is 0 Å². The lowest BCUT2D eigenvalue weighted by atomic mass is 10.2. The van der Waals surface area contributed by atoms with E-state index in [-0.39, 0.29) is 16.3 Å². The van der Waals surface area contributed by atoms with Crippen LogP contribution in [0.3, 0.4) is 0 Å². The fourth-order valence-electron chi connectivity index (χ4n) is 2.79. The van der Waals surface area contributed by atoms with Gasteiger partial charge >= 0.3 is 0 Å². The highest BCUT2D eigenvalue weighted by Crippen LogP contribution is 2.22. The van der Waals surface area contributed by atoms with Gasteiger partial charge in [0.25, 0.3) is 0 Å². The Morgan fingerprint density at radius 2 is 1.65 bits per heavy atom. The van der Waals surface area contributed by atoms with Gasteiger partial charge < -0.3 is 0 Å². The van der Waals surface area contributed by atoms with Gasteiger partial charge in [0, 0.05) is 18.5 Å². The van der Waals surface area contributed by atoms with Crippen LogP contribution in [0.5, 0.6) is 0 Å². The van der Waals surface area contributed by atoms with Crippen LogP contribution in [0.4, 0.5) is 0 Å². The maximum absolute atomic E-state index is 12.6. The van der Waals surface area contributed by atoms with Gasteiger partial charge in [-0.05, 0) is 44.0 Å². The molecule has 0 saturated carbocycles. The second-order valence-corrected chi connectivity index (χ2v) is 10.9. The topological polar surface area (TPSA) is 96.4 Å². The van der Waals surface area contributed by atoms with E-state index < -0.39 is 20.0 Å². The predicted molar refractivity (Wildman–Crippen MR) is 99.9 cm³/mol. The van der Waals surface area contributed by atoms with Crippen molar-refractivity contribution in [2.24, 2.45) is 0 Å². The number of nitrogens with one attached hydrogen (secondary N) is 1. The number of thiazole rings is 1. The molecule has 0 aliphatic carbocycles. The monoisotopic (exact) mass is 415 g/mol. The summed E-state index contributed by atoms with van der Waals surface area (Å²) >= 11 is 1.45. The average molecular weight is 416 g/mol. The standard InChI is InChI=1S/C16H21N3O4S3/c1-13-18-14(12-24-13)11-17-25(20,21)15-5-7-16(8-6-15)26(22,23)19-9-3-2-4-10-19/h5-8,12,17H,2-4,9-11H2,1H3. The first-order valence-electron chi connectivity index (χ1n) is 8.30. The van der Waals surface area contributed by atoms with Crippen molar-refractivity contribution < 1.29 is 16.8 Å². The fourth-order valence-corrected chi connectivity index (χ4v) is 5.92. The molecule has 142 valence electrons. The Morgan fingerprint density at radius 1 is 1.04 bits per heavy atom. The van der Waals surface area contributed by atoms with Crippen LogP contribution in [0, 0.1) is 6.92 Å². The zero-order chi connectivity index (χ0) is 18.8. The van der Waals surface area contributed by atoms with Gasteiger partial charge in [-0.2, -0.15) is 4.31 Å². The normalized spacial score (nSPS) is 16.7. The smallest absolute Gasteiger partial charge is 0.243 e. The van der Waals surface area contributed by atoms with Crippen molar-refractivity contribution in [2.45, 2.75) is 42.5 Å². The van der Waals surface area contributed by atoms with Crippen molar-refractivity contribution in [1.82, 2.24) is 14.0 Å². The van der Waals surface area contributed by atoms with Crippen molar-refractivity contribution in [3.05, 3.63) is 40.3 Å². The van der Waals surface area contributed by atoms with Crippen LogP contribution in [0.2, 0.25) is 0 Å². The van der Waals surface area contributed by atoms with Gasteiger partial charge in [-0.3, -0.25) is 0 Å². The number of piperidine rings is 1. The minimum absolute atomic E-state index is 0.0297. The highest BCUT2D eigenvalue weighted by molar-refractivity contribution is 7.89. The Morgan fingerprint density at radius 3 is 2.23 bits per heavy atom. The van der Waals surface area contributed by atoms with Crippen LogP contribution < -0.4 is 4.72 Å². The molecule has 0 bridgehead atoms. The molecule has 1 aliphatic rings. The zero-order valence-electron chi connectivity index (χ0n) is 14.4. The number of aryl methyl sites for hydroxylation is 1. The predicted octanol–water partition coefficient (Wildman–Crippen LogP) is 2.10. The first kappa shape index (κ1) is 19.4. The second-order valence-electron chi connectivity index (χ2n) is 6.12. The maximum atomic E-state index is 12.6. The van der Waals surface area contributed by atoms with Crippen LogP contribution in [0.25, 0.3) is 0 Å². The van der Waals surface area contributed by atoms with Gasteiger partial charge in [-0.1, -0.05) is 6.42 Å². The van der Waals surface area contributed by atoms with E-state index in [0.29, 0.717) is 18.8 Å². The number of sulfonamides is 2. The lowest BCUT2D eigenvalue weighted by Crippen LogP contribution is -2.35. The van der Waals surface area contributed by atoms with Crippen molar-refractivity contribution in [2.75, 3.05) is 13.1 Å². The van der Waals surface area contributed by atoms with Crippen LogP contribution in [-0.4, -0.2) is 39.2 Å². The van der Waals surface area contributed by atoms with E-state index in [1.54, 1.807) is 5.38 Å². The fraction of sp³-hybridized carbons (Fsp3) is 0.438. The van der Waals surface area contributed by atoms with Crippen LogP contribution in [-0.2, 0) is 26.6 Å². The Kier molecular flexibility index (Phi) is 5.78. The van der Waals surface area contributed by atoms with E-state index in [0.717, 1.165) is 24.3 Å². The van der Waals surface area contributed by atoms with Crippen molar-refractivity contribution in [1.29, 1.82) is 0 Å². The molecule has 0 radical (unpaired) electrons. The zero-order valence-corrected chi connectivity index (χ0v) is 16.8. The quantitative estimate of drug-likeness (QED) is 0.779. The van der Waals surface area contributed by atoms with Crippen molar-refractivity contribution in [3.63, 3.8) is 0 Å². The first-order chi connectivity index (χ1) is 12.3. The SMILES string of the molecule is Cc1nc(CNS(=O)(=O)c2ccc(S(=O)(=O)N3CCCCC3)cc2)cs1. The van der Waals surface area contributed by atoms with Crippen LogP contribution >= 0.6 is 11.3 Å². The maximum Gasteiger partial charge on any atom is 0.243 e. The summed E-state index contributed by atoms with van der Waals surface area (Å²) in [4.78, 5) is 4.36. The summed E-state index contributed by atoms with van der Waals surface area (Å²) in [6, 6.07) is 5.36. The molecule has 1 aliphatic heterocycles. The summed E-state index contributed by atoms with van der Waals surface area (Å²) in [5, 5.41) is 2.66. The molecular formula is C16H21N3O4S3. The lowest BCUT2D eigenvalue weighted by molar-refractivity contribution is 0.346. The first-order valence-corrected chi connectivity index (χ1v) is 12.1. The third kappa shape index (κ3) is 4.32. The van der Waals surface area contributed by atoms with E-state index in [9.17, 15) is 16.8 Å². The number of benzene rings is 1. The van der Waals surface area contributed by atoms with Gasteiger partial charge in [0.1, 0.15) is 0 Å². The molecular weight excluding hydrogens is 394 g/mol. The summed E-state index contributed by atoms with van der Waals surface area (Å²) in [6.45, 7) is 2.97. The van der Waals surface area contributed by atoms with E-state index in [2.05, 4.69) is 9.71 Å². The third-order valence-electron chi connectivity index (χ3n) is 4.20. The average Bonchev–Trinajstić information content (AvgIpc) is 3.06. The summed E-state index contributed by atoms with van der Waals surface area (Å²) in [7, 11) is -7.30. The molecule has 0 atom stereocenters. The molecule has 1 N–H and O–H groups in total. The number of hydrogen-bond donors (Lipinski definition) is 1. The molecule has 1 saturated heterocycles. The van der Waals surface area contributed by atoms with Gasteiger partial charge in [-0.15, -0.1) is 11.3 Å². The number of aromatic nitrogens is 1. The van der Waals surface area contributed by atoms with Gasteiger partial charge in [-0.25, -0.2) is 26.5 Å². The van der Waals surface area contributed by atoms with Gasteiger partial charge in [0.2, 0.25) is 20.0 Å². The molecule has 3 rings (SSSR count). The summed E-state index contributed by atoms with van der Waals surface area (Å²) in [6.07, 6.45) is 2.74. The van der Waals surface area contributed by atoms with Crippen LogP contribution in [0.1, 0.15) is 30.0 Å². The number of hydrogen-bond acceptors (Lipinski definition) is 6. The van der Waals surface area contributed by atoms with E-state index >= 15 is 0 Å². The Labute approximate surface area is 158 Å². The minimum atomic E-state index is -3.73. The van der Waals surface area contributed by atoms with Crippen LogP contribution in [0.15, 0.2) is 39.4 Å². The second kappa shape index (κ2) is 7.73. The molecule has 0 spiro atoms. The summed E-state index contributed by atoms with van der Waals surface area (Å²) in [5.74, 6) is 0. The third-order valence-corrected chi connectivity index (χ3v) is 8.35. The molecule has 7 nitrogen and oxygen atoms in total. The van der Waals surface area contributed by atoms with Crippen molar-refractivity contribution >= 4 is 31.4 Å². The highest BCUT2D eigenvalue weighted by Gasteiger charge is 2.26. The molecule has 1 aromatic carbocycles. The molecule has 2 heterocycles. The molecule has 10 heteroatoms. The number of rotatable bonds is 6. The molecule has 0 amide bonds.